The SMILES string of the molecule is CCc1nn(C)cc1CNc1ncnc(Cl)c1NC. The van der Waals surface area contributed by atoms with Crippen molar-refractivity contribution < 1.29 is 0 Å². The van der Waals surface area contributed by atoms with Crippen molar-refractivity contribution in [2.45, 2.75) is 19.9 Å². The normalized spacial score (nSPS) is 10.5. The number of hydrogen-bond acceptors (Lipinski definition) is 5. The van der Waals surface area contributed by atoms with E-state index >= 15 is 0 Å². The van der Waals surface area contributed by atoms with Gasteiger partial charge in [0.25, 0.3) is 0 Å². The van der Waals surface area contributed by atoms with Gasteiger partial charge in [-0.25, -0.2) is 9.97 Å². The number of aryl methyl sites for hydroxylation is 2. The zero-order valence-corrected chi connectivity index (χ0v) is 12.0. The molecule has 2 rings (SSSR count). The number of anilines is 2. The monoisotopic (exact) mass is 280 g/mol. The van der Waals surface area contributed by atoms with Crippen LogP contribution < -0.4 is 10.6 Å². The fourth-order valence-corrected chi connectivity index (χ4v) is 2.16. The highest BCUT2D eigenvalue weighted by atomic mass is 35.5. The van der Waals surface area contributed by atoms with Gasteiger partial charge >= 0.3 is 0 Å². The van der Waals surface area contributed by atoms with Gasteiger partial charge in [-0.1, -0.05) is 18.5 Å². The summed E-state index contributed by atoms with van der Waals surface area (Å²) >= 11 is 6.00. The van der Waals surface area contributed by atoms with Gasteiger partial charge in [0.05, 0.1) is 5.69 Å². The van der Waals surface area contributed by atoms with Crippen molar-refractivity contribution in [1.29, 1.82) is 0 Å². The molecule has 102 valence electrons. The van der Waals surface area contributed by atoms with Crippen molar-refractivity contribution in [2.75, 3.05) is 17.7 Å². The van der Waals surface area contributed by atoms with E-state index in [1.807, 2.05) is 17.9 Å². The van der Waals surface area contributed by atoms with E-state index in [2.05, 4.69) is 32.6 Å². The largest absolute Gasteiger partial charge is 0.383 e. The maximum Gasteiger partial charge on any atom is 0.157 e. The maximum atomic E-state index is 6.00. The van der Waals surface area contributed by atoms with Crippen LogP contribution in [0.3, 0.4) is 0 Å². The Morgan fingerprint density at radius 3 is 2.84 bits per heavy atom. The molecule has 0 spiro atoms. The van der Waals surface area contributed by atoms with Crippen molar-refractivity contribution >= 4 is 23.1 Å². The van der Waals surface area contributed by atoms with E-state index in [0.717, 1.165) is 17.7 Å². The Labute approximate surface area is 117 Å². The topological polar surface area (TPSA) is 67.7 Å². The van der Waals surface area contributed by atoms with Crippen LogP contribution in [-0.4, -0.2) is 26.8 Å². The molecule has 0 aliphatic heterocycles. The molecule has 7 heteroatoms. The molecule has 2 heterocycles. The third kappa shape index (κ3) is 2.96. The lowest BCUT2D eigenvalue weighted by Gasteiger charge is -2.10. The molecule has 2 aromatic heterocycles. The van der Waals surface area contributed by atoms with E-state index in [-0.39, 0.29) is 0 Å². The minimum Gasteiger partial charge on any atom is -0.383 e. The highest BCUT2D eigenvalue weighted by Crippen LogP contribution is 2.25. The lowest BCUT2D eigenvalue weighted by molar-refractivity contribution is 0.746. The van der Waals surface area contributed by atoms with E-state index in [4.69, 9.17) is 11.6 Å². The van der Waals surface area contributed by atoms with Crippen LogP contribution in [0.1, 0.15) is 18.2 Å². The summed E-state index contributed by atoms with van der Waals surface area (Å²) in [7, 11) is 3.71. The summed E-state index contributed by atoms with van der Waals surface area (Å²) in [5.74, 6) is 0.688. The Bertz CT molecular complexity index is 565. The van der Waals surface area contributed by atoms with E-state index in [1.165, 1.54) is 6.33 Å². The molecule has 2 N–H and O–H groups in total. The van der Waals surface area contributed by atoms with Gasteiger partial charge in [-0.2, -0.15) is 5.10 Å². The fourth-order valence-electron chi connectivity index (χ4n) is 1.93. The van der Waals surface area contributed by atoms with Crippen LogP contribution in [-0.2, 0) is 20.0 Å². The standard InChI is InChI=1S/C12H17ClN6/c1-4-9-8(6-19(3)18-9)5-15-12-10(14-2)11(13)16-7-17-12/h6-7,14H,4-5H2,1-3H3,(H,15,16,17). The predicted molar refractivity (Wildman–Crippen MR) is 76.5 cm³/mol. The molecule has 0 aliphatic rings. The molecule has 19 heavy (non-hydrogen) atoms. The molecule has 0 saturated carbocycles. The van der Waals surface area contributed by atoms with E-state index in [0.29, 0.717) is 23.2 Å². The Morgan fingerprint density at radius 2 is 2.16 bits per heavy atom. The number of nitrogens with one attached hydrogen (secondary N) is 2. The highest BCUT2D eigenvalue weighted by Gasteiger charge is 2.10. The van der Waals surface area contributed by atoms with Gasteiger partial charge in [0, 0.05) is 32.4 Å². The molecule has 2 aromatic rings. The Kier molecular flexibility index (Phi) is 4.21. The Hall–Kier alpha value is -1.82. The van der Waals surface area contributed by atoms with Crippen LogP contribution in [0, 0.1) is 0 Å². The number of nitrogens with zero attached hydrogens (tertiary/aromatic N) is 4. The van der Waals surface area contributed by atoms with Gasteiger partial charge in [0.15, 0.2) is 11.0 Å². The van der Waals surface area contributed by atoms with Crippen molar-refractivity contribution in [3.8, 4) is 0 Å². The number of aromatic nitrogens is 4. The third-order valence-electron chi connectivity index (χ3n) is 2.82. The smallest absolute Gasteiger partial charge is 0.157 e. The van der Waals surface area contributed by atoms with Gasteiger partial charge in [0.2, 0.25) is 0 Å². The van der Waals surface area contributed by atoms with Crippen LogP contribution in [0.2, 0.25) is 5.15 Å². The van der Waals surface area contributed by atoms with Gasteiger partial charge < -0.3 is 10.6 Å². The number of hydrogen-bond donors (Lipinski definition) is 2. The molecule has 0 bridgehead atoms. The second-order valence-electron chi connectivity index (χ2n) is 4.12. The van der Waals surface area contributed by atoms with E-state index in [1.54, 1.807) is 7.05 Å². The fraction of sp³-hybridized carbons (Fsp3) is 0.417. The first-order chi connectivity index (χ1) is 9.15. The van der Waals surface area contributed by atoms with Crippen molar-refractivity contribution in [2.24, 2.45) is 7.05 Å². The van der Waals surface area contributed by atoms with Crippen LogP contribution in [0.15, 0.2) is 12.5 Å². The predicted octanol–water partition coefficient (Wildman–Crippen LogP) is 2.08. The first-order valence-electron chi connectivity index (χ1n) is 6.09. The minimum atomic E-state index is 0.405. The van der Waals surface area contributed by atoms with E-state index < -0.39 is 0 Å². The second-order valence-corrected chi connectivity index (χ2v) is 4.48. The quantitative estimate of drug-likeness (QED) is 0.821. The molecule has 0 aliphatic carbocycles. The minimum absolute atomic E-state index is 0.405. The average Bonchev–Trinajstić information content (AvgIpc) is 2.76. The first kappa shape index (κ1) is 13.6. The zero-order valence-electron chi connectivity index (χ0n) is 11.2. The molecule has 0 atom stereocenters. The molecule has 0 aromatic carbocycles. The summed E-state index contributed by atoms with van der Waals surface area (Å²) in [6.07, 6.45) is 4.35. The zero-order chi connectivity index (χ0) is 13.8. The van der Waals surface area contributed by atoms with Crippen molar-refractivity contribution in [3.05, 3.63) is 28.9 Å². The molecule has 0 saturated heterocycles. The molecule has 0 unspecified atom stereocenters. The molecule has 0 amide bonds. The summed E-state index contributed by atoms with van der Waals surface area (Å²) in [6.45, 7) is 2.74. The van der Waals surface area contributed by atoms with E-state index in [9.17, 15) is 0 Å². The van der Waals surface area contributed by atoms with Crippen LogP contribution in [0.25, 0.3) is 0 Å². The summed E-state index contributed by atoms with van der Waals surface area (Å²) in [6, 6.07) is 0. The lowest BCUT2D eigenvalue weighted by Crippen LogP contribution is -2.06. The van der Waals surface area contributed by atoms with Crippen LogP contribution in [0.4, 0.5) is 11.5 Å². The number of halogens is 1. The Morgan fingerprint density at radius 1 is 1.37 bits per heavy atom. The summed E-state index contributed by atoms with van der Waals surface area (Å²) in [5, 5.41) is 11.1. The lowest BCUT2D eigenvalue weighted by atomic mass is 10.2. The molecular weight excluding hydrogens is 264 g/mol. The maximum absolute atomic E-state index is 6.00. The average molecular weight is 281 g/mol. The molecule has 6 nitrogen and oxygen atoms in total. The first-order valence-corrected chi connectivity index (χ1v) is 6.47. The molecule has 0 radical (unpaired) electrons. The van der Waals surface area contributed by atoms with Gasteiger partial charge in [-0.15, -0.1) is 0 Å². The van der Waals surface area contributed by atoms with Crippen molar-refractivity contribution in [1.82, 2.24) is 19.7 Å². The van der Waals surface area contributed by atoms with Crippen molar-refractivity contribution in [3.63, 3.8) is 0 Å². The highest BCUT2D eigenvalue weighted by molar-refractivity contribution is 6.32. The van der Waals surface area contributed by atoms with Gasteiger partial charge in [-0.05, 0) is 6.42 Å². The molecule has 0 fully saturated rings. The van der Waals surface area contributed by atoms with Crippen LogP contribution >= 0.6 is 11.6 Å². The third-order valence-corrected chi connectivity index (χ3v) is 3.11. The summed E-state index contributed by atoms with van der Waals surface area (Å²) in [5.41, 5.74) is 2.94. The number of rotatable bonds is 5. The summed E-state index contributed by atoms with van der Waals surface area (Å²) in [4.78, 5) is 8.13. The Balaban J connectivity index is 2.16. The van der Waals surface area contributed by atoms with Gasteiger partial charge in [0.1, 0.15) is 12.0 Å². The van der Waals surface area contributed by atoms with Gasteiger partial charge in [-0.3, -0.25) is 4.68 Å². The van der Waals surface area contributed by atoms with Crippen LogP contribution in [0.5, 0.6) is 0 Å². The molecular formula is C12H17ClN6. The summed E-state index contributed by atoms with van der Waals surface area (Å²) < 4.78 is 1.82. The second kappa shape index (κ2) is 5.88.